The van der Waals surface area contributed by atoms with Gasteiger partial charge in [0.15, 0.2) is 0 Å². The Kier molecular flexibility index (Phi) is 7.78. The Morgan fingerprint density at radius 2 is 1.68 bits per heavy atom. The van der Waals surface area contributed by atoms with E-state index in [1.165, 1.54) is 24.3 Å². The van der Waals surface area contributed by atoms with E-state index < -0.39 is 34.6 Å². The number of hydrogen-bond donors (Lipinski definition) is 4. The molecule has 0 aliphatic heterocycles. The molecule has 1 atom stereocenters. The van der Waals surface area contributed by atoms with Crippen LogP contribution in [0.25, 0.3) is 0 Å². The fraction of sp³-hybridized carbons (Fsp3) is 0.211. The van der Waals surface area contributed by atoms with E-state index in [0.717, 1.165) is 12.1 Å². The van der Waals surface area contributed by atoms with Crippen LogP contribution in [0, 0.1) is 16.0 Å². The lowest BCUT2D eigenvalue weighted by Gasteiger charge is -2.22. The van der Waals surface area contributed by atoms with Crippen LogP contribution in [-0.4, -0.2) is 33.8 Å². The van der Waals surface area contributed by atoms with Crippen LogP contribution in [0.15, 0.2) is 36.4 Å². The summed E-state index contributed by atoms with van der Waals surface area (Å²) in [5.41, 5.74) is 3.81. The molecule has 0 aliphatic carbocycles. The number of phenolic OH excluding ortho intramolecular Hbond substituents is 1. The van der Waals surface area contributed by atoms with Gasteiger partial charge >= 0.3 is 0 Å². The summed E-state index contributed by atoms with van der Waals surface area (Å²) in [6.07, 6.45) is 0. The first kappa shape index (κ1) is 23.9. The molecule has 0 spiro atoms. The SMILES string of the molecule is CC(C)[C@H](NC(=O)c1ccc([N+](=O)[O-])cc1Cl)C(=O)NNC(=O)c1cc(Cl)ccc1O. The van der Waals surface area contributed by atoms with Crippen molar-refractivity contribution in [3.05, 3.63) is 67.7 Å². The lowest BCUT2D eigenvalue weighted by Crippen LogP contribution is -2.54. The van der Waals surface area contributed by atoms with Crippen molar-refractivity contribution in [1.82, 2.24) is 16.2 Å². The second-order valence-corrected chi connectivity index (χ2v) is 7.56. The van der Waals surface area contributed by atoms with Crippen molar-refractivity contribution in [2.75, 3.05) is 0 Å². The molecule has 0 saturated carbocycles. The van der Waals surface area contributed by atoms with Crippen LogP contribution >= 0.6 is 23.2 Å². The lowest BCUT2D eigenvalue weighted by atomic mass is 10.0. The fourth-order valence-electron chi connectivity index (χ4n) is 2.51. The van der Waals surface area contributed by atoms with Crippen LogP contribution in [0.5, 0.6) is 5.75 Å². The number of carbonyl (C=O) groups is 3. The minimum Gasteiger partial charge on any atom is -0.507 e. The van der Waals surface area contributed by atoms with Crippen LogP contribution in [-0.2, 0) is 4.79 Å². The molecule has 3 amide bonds. The van der Waals surface area contributed by atoms with E-state index in [1.54, 1.807) is 13.8 Å². The zero-order valence-corrected chi connectivity index (χ0v) is 17.8. The second-order valence-electron chi connectivity index (χ2n) is 6.72. The number of rotatable bonds is 6. The number of nitro benzene ring substituents is 1. The highest BCUT2D eigenvalue weighted by atomic mass is 35.5. The number of nitrogens with zero attached hydrogens (tertiary/aromatic N) is 1. The summed E-state index contributed by atoms with van der Waals surface area (Å²) in [4.78, 5) is 47.4. The summed E-state index contributed by atoms with van der Waals surface area (Å²) < 4.78 is 0. The highest BCUT2D eigenvalue weighted by Gasteiger charge is 2.26. The van der Waals surface area contributed by atoms with E-state index >= 15 is 0 Å². The van der Waals surface area contributed by atoms with Crippen LogP contribution in [0.4, 0.5) is 5.69 Å². The first-order valence-corrected chi connectivity index (χ1v) is 9.60. The number of phenols is 1. The van der Waals surface area contributed by atoms with E-state index in [1.807, 2.05) is 0 Å². The minimum absolute atomic E-state index is 0.0569. The summed E-state index contributed by atoms with van der Waals surface area (Å²) in [6, 6.07) is 6.07. The second kappa shape index (κ2) is 10.1. The van der Waals surface area contributed by atoms with Crippen LogP contribution < -0.4 is 16.2 Å². The van der Waals surface area contributed by atoms with Crippen molar-refractivity contribution < 1.29 is 24.4 Å². The topological polar surface area (TPSA) is 151 Å². The van der Waals surface area contributed by atoms with Crippen molar-refractivity contribution in [1.29, 1.82) is 0 Å². The van der Waals surface area contributed by atoms with Crippen molar-refractivity contribution in [2.45, 2.75) is 19.9 Å². The highest BCUT2D eigenvalue weighted by molar-refractivity contribution is 6.34. The number of hydrazine groups is 1. The van der Waals surface area contributed by atoms with Gasteiger partial charge in [-0.25, -0.2) is 0 Å². The van der Waals surface area contributed by atoms with Crippen LogP contribution in [0.1, 0.15) is 34.6 Å². The molecule has 10 nitrogen and oxygen atoms in total. The van der Waals surface area contributed by atoms with Gasteiger partial charge in [0.05, 0.1) is 21.1 Å². The van der Waals surface area contributed by atoms with Crippen molar-refractivity contribution in [3.63, 3.8) is 0 Å². The van der Waals surface area contributed by atoms with Gasteiger partial charge in [0.25, 0.3) is 23.4 Å². The zero-order valence-electron chi connectivity index (χ0n) is 16.3. The Morgan fingerprint density at radius 1 is 1.00 bits per heavy atom. The van der Waals surface area contributed by atoms with Gasteiger partial charge in [-0.05, 0) is 30.2 Å². The van der Waals surface area contributed by atoms with Crippen molar-refractivity contribution in [2.24, 2.45) is 5.92 Å². The Bertz CT molecular complexity index is 1040. The molecule has 0 bridgehead atoms. The standard InChI is InChI=1S/C19H18Cl2N4O6/c1-9(2)16(22-17(27)12-5-4-11(25(30)31)8-14(12)21)19(29)24-23-18(28)13-7-10(20)3-6-15(13)26/h3-9,16,26H,1-2H3,(H,22,27)(H,23,28)(H,24,29)/t16-/m0/s1. The van der Waals surface area contributed by atoms with Gasteiger partial charge < -0.3 is 10.4 Å². The quantitative estimate of drug-likeness (QED) is 0.377. The molecule has 0 fully saturated rings. The molecule has 12 heteroatoms. The molecule has 0 radical (unpaired) electrons. The maximum Gasteiger partial charge on any atom is 0.273 e. The highest BCUT2D eigenvalue weighted by Crippen LogP contribution is 2.23. The third-order valence-electron chi connectivity index (χ3n) is 4.15. The summed E-state index contributed by atoms with van der Waals surface area (Å²) in [7, 11) is 0. The Balaban J connectivity index is 2.08. The normalized spacial score (nSPS) is 11.5. The third kappa shape index (κ3) is 6.06. The first-order valence-electron chi connectivity index (χ1n) is 8.84. The van der Waals surface area contributed by atoms with Gasteiger partial charge in [0.1, 0.15) is 11.8 Å². The van der Waals surface area contributed by atoms with Crippen LogP contribution in [0.2, 0.25) is 10.0 Å². The molecule has 4 N–H and O–H groups in total. The fourth-order valence-corrected chi connectivity index (χ4v) is 2.94. The minimum atomic E-state index is -1.08. The monoisotopic (exact) mass is 468 g/mol. The maximum atomic E-state index is 12.5. The van der Waals surface area contributed by atoms with Gasteiger partial charge in [0.2, 0.25) is 0 Å². The Labute approximate surface area is 186 Å². The summed E-state index contributed by atoms with van der Waals surface area (Å²) >= 11 is 11.7. The van der Waals surface area contributed by atoms with Gasteiger partial charge in [-0.1, -0.05) is 37.0 Å². The largest absolute Gasteiger partial charge is 0.507 e. The maximum absolute atomic E-state index is 12.5. The average Bonchev–Trinajstić information content (AvgIpc) is 2.71. The van der Waals surface area contributed by atoms with Gasteiger partial charge in [-0.3, -0.25) is 35.3 Å². The summed E-state index contributed by atoms with van der Waals surface area (Å²) in [6.45, 7) is 3.32. The van der Waals surface area contributed by atoms with Crippen molar-refractivity contribution >= 4 is 46.6 Å². The number of nitrogens with one attached hydrogen (secondary N) is 3. The Morgan fingerprint density at radius 3 is 2.26 bits per heavy atom. The van der Waals surface area contributed by atoms with E-state index in [0.29, 0.717) is 0 Å². The molecule has 0 saturated heterocycles. The number of amides is 3. The molecular formula is C19H18Cl2N4O6. The molecule has 0 unspecified atom stereocenters. The van der Waals surface area contributed by atoms with Crippen molar-refractivity contribution in [3.8, 4) is 5.75 Å². The number of aromatic hydroxyl groups is 1. The van der Waals surface area contributed by atoms with Gasteiger partial charge in [-0.2, -0.15) is 0 Å². The van der Waals surface area contributed by atoms with Crippen LogP contribution in [0.3, 0.4) is 0 Å². The summed E-state index contributed by atoms with van der Waals surface area (Å²) in [5, 5.41) is 23.1. The number of nitro groups is 1. The smallest absolute Gasteiger partial charge is 0.273 e. The molecule has 0 aliphatic rings. The lowest BCUT2D eigenvalue weighted by molar-refractivity contribution is -0.384. The first-order chi connectivity index (χ1) is 14.5. The van der Waals surface area contributed by atoms with Gasteiger partial charge in [0, 0.05) is 17.2 Å². The van der Waals surface area contributed by atoms with E-state index in [2.05, 4.69) is 16.2 Å². The summed E-state index contributed by atoms with van der Waals surface area (Å²) in [5.74, 6) is -3.01. The Hall–Kier alpha value is -3.37. The predicted octanol–water partition coefficient (Wildman–Crippen LogP) is 2.82. The van der Waals surface area contributed by atoms with Gasteiger partial charge in [-0.15, -0.1) is 0 Å². The van der Waals surface area contributed by atoms with E-state index in [-0.39, 0.29) is 32.6 Å². The molecule has 0 aromatic heterocycles. The molecule has 164 valence electrons. The third-order valence-corrected chi connectivity index (χ3v) is 4.69. The number of non-ortho nitro benzene ring substituents is 1. The van der Waals surface area contributed by atoms with E-state index in [4.69, 9.17) is 23.2 Å². The molecular weight excluding hydrogens is 451 g/mol. The average molecular weight is 469 g/mol. The number of carbonyl (C=O) groups excluding carboxylic acids is 3. The zero-order chi connectivity index (χ0) is 23.3. The molecule has 2 aromatic rings. The van der Waals surface area contributed by atoms with E-state index in [9.17, 15) is 29.6 Å². The number of hydrogen-bond acceptors (Lipinski definition) is 6. The number of halogens is 2. The molecule has 0 heterocycles. The molecule has 31 heavy (non-hydrogen) atoms. The predicted molar refractivity (Wildman–Crippen MR) is 113 cm³/mol. The molecule has 2 aromatic carbocycles. The number of benzene rings is 2. The molecule has 2 rings (SSSR count).